The van der Waals surface area contributed by atoms with Gasteiger partial charge in [0, 0.05) is 12.0 Å². The van der Waals surface area contributed by atoms with Crippen molar-refractivity contribution in [1.29, 1.82) is 0 Å². The van der Waals surface area contributed by atoms with Crippen molar-refractivity contribution >= 4 is 5.97 Å². The van der Waals surface area contributed by atoms with E-state index in [-0.39, 0.29) is 5.92 Å². The van der Waals surface area contributed by atoms with Gasteiger partial charge in [-0.2, -0.15) is 0 Å². The monoisotopic (exact) mass is 220 g/mol. The van der Waals surface area contributed by atoms with E-state index in [1.165, 1.54) is 13.2 Å². The molecular weight excluding hydrogens is 204 g/mol. The van der Waals surface area contributed by atoms with Gasteiger partial charge in [0.15, 0.2) is 0 Å². The summed E-state index contributed by atoms with van der Waals surface area (Å²) in [5, 5.41) is 9.97. The minimum atomic E-state index is -0.609. The topological polar surface area (TPSA) is 46.5 Å². The maximum Gasteiger partial charge on any atom is 0.330 e. The van der Waals surface area contributed by atoms with Crippen molar-refractivity contribution in [3.8, 4) is 0 Å². The fourth-order valence-electron chi connectivity index (χ4n) is 1.36. The van der Waals surface area contributed by atoms with Crippen molar-refractivity contribution in [2.45, 2.75) is 13.0 Å². The smallest absolute Gasteiger partial charge is 0.330 e. The Labute approximate surface area is 95.4 Å². The Balaban J connectivity index is 2.64. The third-order valence-corrected chi connectivity index (χ3v) is 2.38. The molecule has 0 aliphatic rings. The summed E-state index contributed by atoms with van der Waals surface area (Å²) in [6, 6.07) is 9.34. The molecular formula is C13H16O3. The normalized spacial score (nSPS) is 14.7. The second kappa shape index (κ2) is 6.08. The van der Waals surface area contributed by atoms with Crippen LogP contribution in [0.5, 0.6) is 0 Å². The molecule has 1 aromatic rings. The molecule has 3 heteroatoms. The van der Waals surface area contributed by atoms with E-state index < -0.39 is 12.1 Å². The molecule has 86 valence electrons. The van der Waals surface area contributed by atoms with Gasteiger partial charge in [-0.3, -0.25) is 0 Å². The number of hydrogen-bond donors (Lipinski definition) is 1. The van der Waals surface area contributed by atoms with E-state index in [4.69, 9.17) is 0 Å². The summed E-state index contributed by atoms with van der Waals surface area (Å²) >= 11 is 0. The van der Waals surface area contributed by atoms with Crippen LogP contribution in [0.1, 0.15) is 18.6 Å². The lowest BCUT2D eigenvalue weighted by Crippen LogP contribution is -2.07. The minimum absolute atomic E-state index is 0.138. The van der Waals surface area contributed by atoms with Gasteiger partial charge in [-0.15, -0.1) is 0 Å². The maximum atomic E-state index is 10.9. The summed E-state index contributed by atoms with van der Waals surface area (Å²) in [5.74, 6) is -0.548. The van der Waals surface area contributed by atoms with Gasteiger partial charge in [0.05, 0.1) is 13.2 Å². The minimum Gasteiger partial charge on any atom is -0.466 e. The number of rotatable bonds is 4. The van der Waals surface area contributed by atoms with Gasteiger partial charge in [-0.25, -0.2) is 4.79 Å². The molecule has 3 nitrogen and oxygen atoms in total. The summed E-state index contributed by atoms with van der Waals surface area (Å²) in [6.07, 6.45) is 2.36. The Bertz CT molecular complexity index is 357. The van der Waals surface area contributed by atoms with Gasteiger partial charge in [0.2, 0.25) is 0 Å². The fraction of sp³-hybridized carbons (Fsp3) is 0.308. The molecule has 16 heavy (non-hydrogen) atoms. The second-order valence-corrected chi connectivity index (χ2v) is 3.60. The van der Waals surface area contributed by atoms with Gasteiger partial charge >= 0.3 is 5.97 Å². The number of carbonyl (C=O) groups excluding carboxylic acids is 1. The van der Waals surface area contributed by atoms with Crippen LogP contribution in [0.25, 0.3) is 0 Å². The number of hydrogen-bond acceptors (Lipinski definition) is 3. The number of esters is 1. The van der Waals surface area contributed by atoms with E-state index in [1.54, 1.807) is 6.08 Å². The SMILES string of the molecule is COC(=O)/C=C/[C@@H](C)[C@@H](O)c1ccccc1. The van der Waals surface area contributed by atoms with Crippen LogP contribution in [0, 0.1) is 5.92 Å². The lowest BCUT2D eigenvalue weighted by molar-refractivity contribution is -0.134. The van der Waals surface area contributed by atoms with E-state index >= 15 is 0 Å². The zero-order valence-electron chi connectivity index (χ0n) is 9.46. The van der Waals surface area contributed by atoms with Crippen molar-refractivity contribution in [3.63, 3.8) is 0 Å². The first-order valence-electron chi connectivity index (χ1n) is 5.14. The summed E-state index contributed by atoms with van der Waals surface area (Å²) in [6.45, 7) is 1.84. The van der Waals surface area contributed by atoms with Crippen LogP contribution in [0.2, 0.25) is 0 Å². The first-order chi connectivity index (χ1) is 7.65. The fourth-order valence-corrected chi connectivity index (χ4v) is 1.36. The van der Waals surface area contributed by atoms with Crippen LogP contribution in [-0.4, -0.2) is 18.2 Å². The zero-order valence-corrected chi connectivity index (χ0v) is 9.46. The molecule has 0 aliphatic heterocycles. The molecule has 2 atom stereocenters. The Morgan fingerprint density at radius 1 is 1.38 bits per heavy atom. The molecule has 0 radical (unpaired) electrons. The molecule has 0 saturated heterocycles. The molecule has 0 amide bonds. The molecule has 0 bridgehead atoms. The van der Waals surface area contributed by atoms with Crippen LogP contribution in [0.3, 0.4) is 0 Å². The Morgan fingerprint density at radius 2 is 2.00 bits per heavy atom. The molecule has 1 N–H and O–H groups in total. The highest BCUT2D eigenvalue weighted by atomic mass is 16.5. The molecule has 0 spiro atoms. The van der Waals surface area contributed by atoms with Crippen molar-refractivity contribution in [3.05, 3.63) is 48.0 Å². The van der Waals surface area contributed by atoms with Crippen molar-refractivity contribution in [2.24, 2.45) is 5.92 Å². The standard InChI is InChI=1S/C13H16O3/c1-10(8-9-12(14)16-2)13(15)11-6-4-3-5-7-11/h3-10,13,15H,1-2H3/b9-8+/t10-,13-/m1/s1. The Kier molecular flexibility index (Phi) is 4.73. The number of ether oxygens (including phenoxy) is 1. The first-order valence-corrected chi connectivity index (χ1v) is 5.14. The molecule has 0 heterocycles. The third-order valence-electron chi connectivity index (χ3n) is 2.38. The molecule has 0 aliphatic carbocycles. The highest BCUT2D eigenvalue weighted by Gasteiger charge is 2.13. The quantitative estimate of drug-likeness (QED) is 0.624. The van der Waals surface area contributed by atoms with Crippen LogP contribution < -0.4 is 0 Å². The van der Waals surface area contributed by atoms with Crippen LogP contribution in [0.15, 0.2) is 42.5 Å². The second-order valence-electron chi connectivity index (χ2n) is 3.60. The molecule has 0 unspecified atom stereocenters. The highest BCUT2D eigenvalue weighted by Crippen LogP contribution is 2.22. The predicted octanol–water partition coefficient (Wildman–Crippen LogP) is 2.09. The largest absolute Gasteiger partial charge is 0.466 e. The predicted molar refractivity (Wildman–Crippen MR) is 61.7 cm³/mol. The van der Waals surface area contributed by atoms with E-state index in [1.807, 2.05) is 37.3 Å². The molecule has 0 fully saturated rings. The summed E-state index contributed by atoms with van der Waals surface area (Å²) in [4.78, 5) is 10.9. The van der Waals surface area contributed by atoms with E-state index in [9.17, 15) is 9.90 Å². The van der Waals surface area contributed by atoms with Crippen LogP contribution >= 0.6 is 0 Å². The van der Waals surface area contributed by atoms with Crippen molar-refractivity contribution < 1.29 is 14.6 Å². The van der Waals surface area contributed by atoms with E-state index in [0.29, 0.717) is 0 Å². The molecule has 1 rings (SSSR count). The van der Waals surface area contributed by atoms with Gasteiger partial charge < -0.3 is 9.84 Å². The summed E-state index contributed by atoms with van der Waals surface area (Å²) < 4.78 is 4.48. The van der Waals surface area contributed by atoms with Gasteiger partial charge in [0.1, 0.15) is 0 Å². The number of benzene rings is 1. The Morgan fingerprint density at radius 3 is 2.56 bits per heavy atom. The lowest BCUT2D eigenvalue weighted by Gasteiger charge is -2.15. The number of aliphatic hydroxyl groups excluding tert-OH is 1. The van der Waals surface area contributed by atoms with Crippen molar-refractivity contribution in [1.82, 2.24) is 0 Å². The summed E-state index contributed by atoms with van der Waals surface area (Å²) in [7, 11) is 1.32. The number of aliphatic hydroxyl groups is 1. The lowest BCUT2D eigenvalue weighted by atomic mass is 9.97. The molecule has 0 saturated carbocycles. The van der Waals surface area contributed by atoms with Crippen LogP contribution in [-0.2, 0) is 9.53 Å². The molecule has 1 aromatic carbocycles. The van der Waals surface area contributed by atoms with Crippen LogP contribution in [0.4, 0.5) is 0 Å². The van der Waals surface area contributed by atoms with E-state index in [0.717, 1.165) is 5.56 Å². The zero-order chi connectivity index (χ0) is 12.0. The number of methoxy groups -OCH3 is 1. The maximum absolute atomic E-state index is 10.9. The highest BCUT2D eigenvalue weighted by molar-refractivity contribution is 5.81. The average molecular weight is 220 g/mol. The van der Waals surface area contributed by atoms with Gasteiger partial charge in [-0.05, 0) is 5.56 Å². The molecule has 0 aromatic heterocycles. The van der Waals surface area contributed by atoms with Crippen molar-refractivity contribution in [2.75, 3.05) is 7.11 Å². The average Bonchev–Trinajstić information content (AvgIpc) is 2.35. The van der Waals surface area contributed by atoms with E-state index in [2.05, 4.69) is 4.74 Å². The first kappa shape index (κ1) is 12.5. The number of carbonyl (C=O) groups is 1. The van der Waals surface area contributed by atoms with Gasteiger partial charge in [0.25, 0.3) is 0 Å². The van der Waals surface area contributed by atoms with Gasteiger partial charge in [-0.1, -0.05) is 43.3 Å². The summed E-state index contributed by atoms with van der Waals surface area (Å²) in [5.41, 5.74) is 0.838. The Hall–Kier alpha value is -1.61. The third kappa shape index (κ3) is 3.51.